The van der Waals surface area contributed by atoms with Gasteiger partial charge in [0.1, 0.15) is 0 Å². The van der Waals surface area contributed by atoms with E-state index in [9.17, 15) is 4.79 Å². The lowest BCUT2D eigenvalue weighted by Crippen LogP contribution is -2.20. The molecule has 0 aliphatic heterocycles. The van der Waals surface area contributed by atoms with Crippen LogP contribution in [0.4, 0.5) is 4.79 Å². The number of fused-ring (bicyclic) bond motifs is 1. The first-order valence-electron chi connectivity index (χ1n) is 7.56. The van der Waals surface area contributed by atoms with Crippen molar-refractivity contribution in [1.82, 2.24) is 9.95 Å². The van der Waals surface area contributed by atoms with Gasteiger partial charge in [0.05, 0.1) is 0 Å². The van der Waals surface area contributed by atoms with Crippen LogP contribution in [0.1, 0.15) is 0 Å². The zero-order valence-corrected chi connectivity index (χ0v) is 13.5. The number of aromatic amines is 1. The van der Waals surface area contributed by atoms with Crippen LogP contribution in [-0.4, -0.2) is 16.0 Å². The van der Waals surface area contributed by atoms with Crippen LogP contribution in [0.15, 0.2) is 106 Å². The second kappa shape index (κ2) is 10.2. The molecule has 1 aromatic carbocycles. The summed E-state index contributed by atoms with van der Waals surface area (Å²) >= 11 is 0. The number of nitrogens with zero attached hydrogens (tertiary/aromatic N) is 1. The maximum Gasteiger partial charge on any atom is 0.340 e. The first-order valence-corrected chi connectivity index (χ1v) is 7.56. The molecule has 0 radical (unpaired) electrons. The van der Waals surface area contributed by atoms with Crippen LogP contribution in [-0.2, 0) is 0 Å². The van der Waals surface area contributed by atoms with E-state index in [1.165, 1.54) is 6.20 Å². The molecule has 0 aliphatic carbocycles. The van der Waals surface area contributed by atoms with Crippen molar-refractivity contribution in [3.05, 3.63) is 97.2 Å². The maximum atomic E-state index is 11.4. The molecule has 1 aromatic heterocycles. The van der Waals surface area contributed by atoms with Crippen molar-refractivity contribution >= 4 is 17.0 Å². The number of para-hydroxylation sites is 1. The molecule has 0 saturated heterocycles. The lowest BCUT2D eigenvalue weighted by atomic mass is 10.2. The van der Waals surface area contributed by atoms with Gasteiger partial charge in [0.25, 0.3) is 0 Å². The van der Waals surface area contributed by atoms with Crippen LogP contribution >= 0.6 is 0 Å². The van der Waals surface area contributed by atoms with Crippen molar-refractivity contribution in [3.8, 4) is 0 Å². The Labute approximate surface area is 144 Å². The van der Waals surface area contributed by atoms with E-state index in [4.69, 9.17) is 15.0 Å². The van der Waals surface area contributed by atoms with Gasteiger partial charge in [-0.15, -0.1) is 5.27 Å². The van der Waals surface area contributed by atoms with E-state index < -0.39 is 6.03 Å². The molecule has 0 atom stereocenters. The predicted molar refractivity (Wildman–Crippen MR) is 96.3 cm³/mol. The number of nitrogens with two attached hydrogens (primary N) is 1. The Morgan fingerprint density at radius 3 is 1.96 bits per heavy atom. The summed E-state index contributed by atoms with van der Waals surface area (Å²) in [6, 6.07) is 26.8. The van der Waals surface area contributed by atoms with Gasteiger partial charge in [-0.2, -0.15) is 9.36 Å². The first kappa shape index (κ1) is 17.7. The number of carbonyl (C=O) groups excluding carboxylic acids is 1. The molecule has 0 unspecified atom stereocenters. The van der Waals surface area contributed by atoms with E-state index >= 15 is 0 Å². The number of hydrogen-bond donors (Lipinski definition) is 2. The normalized spacial score (nSPS) is 9.12. The lowest BCUT2D eigenvalue weighted by Gasteiger charge is -1.93. The van der Waals surface area contributed by atoms with Gasteiger partial charge >= 0.3 is 6.03 Å². The fourth-order valence-electron chi connectivity index (χ4n) is 1.75. The maximum absolute atomic E-state index is 11.4. The molecule has 1 heterocycles. The predicted octanol–water partition coefficient (Wildman–Crippen LogP) is 4.58. The molecule has 2 rings (SSSR count). The molecule has 6 nitrogen and oxygen atoms in total. The Balaban J connectivity index is 2.66. The summed E-state index contributed by atoms with van der Waals surface area (Å²) in [5, 5.41) is 3.12. The summed E-state index contributed by atoms with van der Waals surface area (Å²) in [6.45, 7) is 0. The third kappa shape index (κ3) is 6.54. The van der Waals surface area contributed by atoms with E-state index in [0.29, 0.717) is 5.58 Å². The van der Waals surface area contributed by atoms with E-state index in [1.807, 2.05) is 66.7 Å². The molecule has 128 valence electrons. The number of carbonyl (C=O) groups is 1. The average Bonchev–Trinajstić information content (AvgIpc) is 2.61. The largest absolute Gasteiger partial charge is 0.350 e. The van der Waals surface area contributed by atoms with Crippen molar-refractivity contribution in [2.45, 2.75) is 0 Å². The Hall–Kier alpha value is -3.67. The Morgan fingerprint density at radius 1 is 0.800 bits per heavy atom. The number of benzene rings is 1. The van der Waals surface area contributed by atoms with Gasteiger partial charge in [-0.3, -0.25) is 4.58 Å². The van der Waals surface area contributed by atoms with Gasteiger partial charge in [-0.1, -0.05) is 78.9 Å². The summed E-state index contributed by atoms with van der Waals surface area (Å²) in [7, 11) is 0. The SMILES string of the molecule is NC(=O)n1ccccccccccccc2ccccc2oo[nH]1. The molecular weight excluding hydrogens is 318 g/mol. The second-order valence-electron chi connectivity index (χ2n) is 4.74. The molecule has 0 saturated carbocycles. The molecule has 1 amide bonds. The van der Waals surface area contributed by atoms with Crippen LogP contribution in [0, 0.1) is 0 Å². The van der Waals surface area contributed by atoms with Crippen molar-refractivity contribution in [2.75, 3.05) is 0 Å². The summed E-state index contributed by atoms with van der Waals surface area (Å²) in [5.41, 5.74) is 5.73. The monoisotopic (exact) mass is 337 g/mol. The third-order valence-electron chi connectivity index (χ3n) is 2.93. The van der Waals surface area contributed by atoms with Crippen LogP contribution < -0.4 is 5.73 Å². The van der Waals surface area contributed by atoms with E-state index in [-0.39, 0.29) is 0 Å². The molecule has 3 N–H and O–H groups in total. The molecule has 0 spiro atoms. The summed E-state index contributed by atoms with van der Waals surface area (Å²) < 4.78 is 11.0. The number of aromatic nitrogens is 2. The molecule has 0 aliphatic rings. The first-order chi connectivity index (χ1) is 12.3. The molecule has 0 fully saturated rings. The molecular formula is C19H19N3O3. The van der Waals surface area contributed by atoms with Crippen LogP contribution in [0.2, 0.25) is 0 Å². The van der Waals surface area contributed by atoms with E-state index in [2.05, 4.69) is 5.27 Å². The number of H-pyrrole nitrogens is 1. The highest BCUT2D eigenvalue weighted by atomic mass is 17.0. The number of rotatable bonds is 0. The minimum absolute atomic E-state index is 0.479. The van der Waals surface area contributed by atoms with Crippen molar-refractivity contribution in [3.63, 3.8) is 0 Å². The van der Waals surface area contributed by atoms with Gasteiger partial charge in [0.15, 0.2) is 5.58 Å². The standard InChI is InChI=1S/C19H19N3O3/c20-19(23)22-16-12-8-6-4-2-1-3-5-7-9-13-17-14-10-11-15-18(17)24-25-21-22/h1-16,21H,(H2,20,23). The van der Waals surface area contributed by atoms with Gasteiger partial charge < -0.3 is 5.73 Å². The van der Waals surface area contributed by atoms with E-state index in [0.717, 1.165) is 10.1 Å². The minimum atomic E-state index is -0.751. The Kier molecular flexibility index (Phi) is 7.19. The zero-order chi connectivity index (χ0) is 17.7. The van der Waals surface area contributed by atoms with E-state index in [1.54, 1.807) is 24.3 Å². The van der Waals surface area contributed by atoms with Crippen molar-refractivity contribution < 1.29 is 14.1 Å². The quantitative estimate of drug-likeness (QED) is 0.689. The zero-order valence-electron chi connectivity index (χ0n) is 13.5. The number of primary amides is 1. The Morgan fingerprint density at radius 2 is 1.32 bits per heavy atom. The molecule has 0 bridgehead atoms. The van der Waals surface area contributed by atoms with Gasteiger partial charge in [-0.25, -0.2) is 4.79 Å². The van der Waals surface area contributed by atoms with Gasteiger partial charge in [0.2, 0.25) is 0 Å². The Bertz CT molecular complexity index is 915. The van der Waals surface area contributed by atoms with Crippen molar-refractivity contribution in [1.29, 1.82) is 0 Å². The number of nitrogens with one attached hydrogen (secondary N) is 1. The number of hydrogen-bond acceptors (Lipinski definition) is 3. The van der Waals surface area contributed by atoms with Crippen LogP contribution in [0.3, 0.4) is 0 Å². The lowest BCUT2D eigenvalue weighted by molar-refractivity contribution is -0.00907. The highest BCUT2D eigenvalue weighted by molar-refractivity contribution is 5.75. The summed E-state index contributed by atoms with van der Waals surface area (Å²) in [5.74, 6) is 0. The number of amides is 1. The highest BCUT2D eigenvalue weighted by Gasteiger charge is 1.91. The average molecular weight is 337 g/mol. The molecule has 2 aromatic rings. The van der Waals surface area contributed by atoms with Crippen molar-refractivity contribution in [2.24, 2.45) is 5.73 Å². The van der Waals surface area contributed by atoms with Crippen LogP contribution in [0.25, 0.3) is 11.0 Å². The third-order valence-corrected chi connectivity index (χ3v) is 2.93. The molecule has 25 heavy (non-hydrogen) atoms. The van der Waals surface area contributed by atoms with Gasteiger partial charge in [0, 0.05) is 11.6 Å². The summed E-state index contributed by atoms with van der Waals surface area (Å²) in [6.07, 6.45) is 1.41. The summed E-state index contributed by atoms with van der Waals surface area (Å²) in [4.78, 5) is 11.4. The van der Waals surface area contributed by atoms with Crippen LogP contribution in [0.5, 0.6) is 0 Å². The topological polar surface area (TPSA) is 90.1 Å². The fourth-order valence-corrected chi connectivity index (χ4v) is 1.75. The smallest absolute Gasteiger partial charge is 0.340 e. The second-order valence-corrected chi connectivity index (χ2v) is 4.74. The minimum Gasteiger partial charge on any atom is -0.350 e. The van der Waals surface area contributed by atoms with Gasteiger partial charge in [-0.05, 0) is 12.1 Å². The molecule has 6 heteroatoms. The highest BCUT2D eigenvalue weighted by Crippen LogP contribution is 2.08. The fraction of sp³-hybridized carbons (Fsp3) is 0.